The lowest BCUT2D eigenvalue weighted by atomic mass is 10.1. The number of methoxy groups -OCH3 is 4. The molecule has 202 valence electrons. The van der Waals surface area contributed by atoms with Crippen LogP contribution in [0.2, 0.25) is 0 Å². The van der Waals surface area contributed by atoms with Gasteiger partial charge in [-0.25, -0.2) is 5.43 Å². The lowest BCUT2D eigenvalue weighted by Crippen LogP contribution is -2.21. The molecule has 10 nitrogen and oxygen atoms in total. The second-order valence-electron chi connectivity index (χ2n) is 8.14. The number of hydrogen-bond donors (Lipinski definition) is 1. The molecule has 1 N–H and O–H groups in total. The Labute approximate surface area is 231 Å². The molecular weight excluding hydrogens is 518 g/mol. The third-order valence-corrected chi connectivity index (χ3v) is 6.69. The smallest absolute Gasteiger partial charge is 0.250 e. The number of carbonyl (C=O) groups is 1. The molecule has 1 aromatic heterocycles. The van der Waals surface area contributed by atoms with Gasteiger partial charge in [-0.15, -0.1) is 10.2 Å². The molecule has 4 rings (SSSR count). The SMILES string of the molecule is COc1ccc(/C(C)=N\NC(=O)CSc2nnc(-c3cc(OC)c(OC)c(OC)c3)n2-c2ccccc2)cc1. The van der Waals surface area contributed by atoms with Crippen LogP contribution in [-0.4, -0.2) is 60.6 Å². The van der Waals surface area contributed by atoms with Crippen molar-refractivity contribution in [2.24, 2.45) is 5.10 Å². The monoisotopic (exact) mass is 547 g/mol. The lowest BCUT2D eigenvalue weighted by molar-refractivity contribution is -0.118. The number of nitrogens with zero attached hydrogens (tertiary/aromatic N) is 4. The minimum atomic E-state index is -0.273. The number of aromatic nitrogens is 3. The molecule has 0 radical (unpaired) electrons. The minimum absolute atomic E-state index is 0.0830. The second-order valence-corrected chi connectivity index (χ2v) is 9.08. The van der Waals surface area contributed by atoms with Gasteiger partial charge in [-0.2, -0.15) is 5.10 Å². The van der Waals surface area contributed by atoms with Gasteiger partial charge in [-0.05, 0) is 61.0 Å². The maximum absolute atomic E-state index is 12.7. The Kier molecular flexibility index (Phi) is 9.06. The summed E-state index contributed by atoms with van der Waals surface area (Å²) in [6, 6.07) is 20.7. The predicted molar refractivity (Wildman–Crippen MR) is 151 cm³/mol. The molecule has 0 fully saturated rings. The molecule has 1 heterocycles. The van der Waals surface area contributed by atoms with E-state index in [4.69, 9.17) is 18.9 Å². The van der Waals surface area contributed by atoms with Gasteiger partial charge in [-0.1, -0.05) is 30.0 Å². The lowest BCUT2D eigenvalue weighted by Gasteiger charge is -2.15. The highest BCUT2D eigenvalue weighted by Crippen LogP contribution is 2.41. The molecule has 39 heavy (non-hydrogen) atoms. The van der Waals surface area contributed by atoms with Crippen molar-refractivity contribution in [3.05, 3.63) is 72.3 Å². The Balaban J connectivity index is 1.58. The first-order valence-corrected chi connectivity index (χ1v) is 12.9. The molecule has 0 aliphatic heterocycles. The van der Waals surface area contributed by atoms with Crippen molar-refractivity contribution in [1.29, 1.82) is 0 Å². The van der Waals surface area contributed by atoms with Crippen LogP contribution in [0, 0.1) is 0 Å². The van der Waals surface area contributed by atoms with Gasteiger partial charge in [0, 0.05) is 11.3 Å². The molecule has 1 amide bonds. The maximum atomic E-state index is 12.7. The first kappa shape index (κ1) is 27.5. The zero-order valence-electron chi connectivity index (χ0n) is 22.3. The van der Waals surface area contributed by atoms with Crippen LogP contribution in [0.1, 0.15) is 12.5 Å². The summed E-state index contributed by atoms with van der Waals surface area (Å²) in [4.78, 5) is 12.7. The van der Waals surface area contributed by atoms with E-state index in [2.05, 4.69) is 20.7 Å². The van der Waals surface area contributed by atoms with E-state index in [1.807, 2.05) is 78.2 Å². The van der Waals surface area contributed by atoms with Crippen molar-refractivity contribution in [2.75, 3.05) is 34.2 Å². The molecule has 0 saturated carbocycles. The van der Waals surface area contributed by atoms with E-state index in [1.54, 1.807) is 28.4 Å². The summed E-state index contributed by atoms with van der Waals surface area (Å²) in [7, 11) is 6.28. The van der Waals surface area contributed by atoms with Crippen LogP contribution in [0.25, 0.3) is 17.1 Å². The molecular formula is C28H29N5O5S. The zero-order valence-corrected chi connectivity index (χ0v) is 23.1. The highest BCUT2D eigenvalue weighted by molar-refractivity contribution is 7.99. The van der Waals surface area contributed by atoms with Gasteiger partial charge in [0.15, 0.2) is 22.5 Å². The fraction of sp³-hybridized carbons (Fsp3) is 0.214. The number of ether oxygens (including phenoxy) is 4. The second kappa shape index (κ2) is 12.8. The van der Waals surface area contributed by atoms with Crippen LogP contribution in [0.3, 0.4) is 0 Å². The first-order chi connectivity index (χ1) is 19.0. The molecule has 0 atom stereocenters. The van der Waals surface area contributed by atoms with Crippen molar-refractivity contribution in [2.45, 2.75) is 12.1 Å². The van der Waals surface area contributed by atoms with Gasteiger partial charge >= 0.3 is 0 Å². The van der Waals surface area contributed by atoms with E-state index in [0.717, 1.165) is 17.0 Å². The van der Waals surface area contributed by atoms with Crippen LogP contribution in [0.5, 0.6) is 23.0 Å². The molecule has 0 bridgehead atoms. The summed E-state index contributed by atoms with van der Waals surface area (Å²) >= 11 is 1.25. The van der Waals surface area contributed by atoms with Gasteiger partial charge < -0.3 is 18.9 Å². The summed E-state index contributed by atoms with van der Waals surface area (Å²) in [5, 5.41) is 13.6. The number of hydrazone groups is 1. The Morgan fingerprint density at radius 3 is 2.15 bits per heavy atom. The molecule has 0 unspecified atom stereocenters. The minimum Gasteiger partial charge on any atom is -0.497 e. The fourth-order valence-corrected chi connectivity index (χ4v) is 4.52. The van der Waals surface area contributed by atoms with Gasteiger partial charge in [0.1, 0.15) is 5.75 Å². The molecule has 0 aliphatic rings. The van der Waals surface area contributed by atoms with Crippen molar-refractivity contribution in [3.63, 3.8) is 0 Å². The van der Waals surface area contributed by atoms with Crippen LogP contribution in [0.4, 0.5) is 0 Å². The van der Waals surface area contributed by atoms with Gasteiger partial charge in [0.25, 0.3) is 5.91 Å². The van der Waals surface area contributed by atoms with E-state index in [-0.39, 0.29) is 11.7 Å². The van der Waals surface area contributed by atoms with E-state index >= 15 is 0 Å². The third-order valence-electron chi connectivity index (χ3n) is 5.76. The van der Waals surface area contributed by atoms with Crippen molar-refractivity contribution in [3.8, 4) is 40.1 Å². The summed E-state index contributed by atoms with van der Waals surface area (Å²) in [6.07, 6.45) is 0. The van der Waals surface area contributed by atoms with E-state index in [1.165, 1.54) is 11.8 Å². The Bertz CT molecular complexity index is 1430. The highest BCUT2D eigenvalue weighted by Gasteiger charge is 2.21. The topological polar surface area (TPSA) is 109 Å². The van der Waals surface area contributed by atoms with Crippen LogP contribution < -0.4 is 24.4 Å². The zero-order chi connectivity index (χ0) is 27.8. The number of thioether (sulfide) groups is 1. The molecule has 0 saturated heterocycles. The first-order valence-electron chi connectivity index (χ1n) is 11.9. The quantitative estimate of drug-likeness (QED) is 0.165. The highest BCUT2D eigenvalue weighted by atomic mass is 32.2. The number of benzene rings is 3. The summed E-state index contributed by atoms with van der Waals surface area (Å²) < 4.78 is 23.6. The van der Waals surface area contributed by atoms with Crippen molar-refractivity contribution in [1.82, 2.24) is 20.2 Å². The summed E-state index contributed by atoms with van der Waals surface area (Å²) in [6.45, 7) is 1.82. The molecule has 0 aliphatic carbocycles. The average Bonchev–Trinajstić information content (AvgIpc) is 3.42. The fourth-order valence-electron chi connectivity index (χ4n) is 3.78. The van der Waals surface area contributed by atoms with Crippen LogP contribution >= 0.6 is 11.8 Å². The molecule has 4 aromatic rings. The van der Waals surface area contributed by atoms with Gasteiger partial charge in [-0.3, -0.25) is 9.36 Å². The maximum Gasteiger partial charge on any atom is 0.250 e. The standard InChI is InChI=1S/C28H29N5O5S/c1-18(19-11-13-22(35-2)14-12-19)29-30-25(34)17-39-28-32-31-27(33(28)21-9-7-6-8-10-21)20-15-23(36-3)26(38-5)24(16-20)37-4/h6-16H,17H2,1-5H3,(H,30,34)/b29-18-. The van der Waals surface area contributed by atoms with E-state index in [0.29, 0.717) is 39.5 Å². The summed E-state index contributed by atoms with van der Waals surface area (Å²) in [5.41, 5.74) is 5.71. The Morgan fingerprint density at radius 2 is 1.56 bits per heavy atom. The number of rotatable bonds is 11. The van der Waals surface area contributed by atoms with Gasteiger partial charge in [0.2, 0.25) is 5.75 Å². The number of nitrogens with one attached hydrogen (secondary N) is 1. The normalized spacial score (nSPS) is 11.2. The Hall–Kier alpha value is -4.51. The number of amides is 1. The Morgan fingerprint density at radius 1 is 0.897 bits per heavy atom. The predicted octanol–water partition coefficient (Wildman–Crippen LogP) is 4.60. The van der Waals surface area contributed by atoms with E-state index < -0.39 is 0 Å². The summed E-state index contributed by atoms with van der Waals surface area (Å²) in [5.74, 6) is 2.58. The van der Waals surface area contributed by atoms with Crippen molar-refractivity contribution < 1.29 is 23.7 Å². The molecule has 11 heteroatoms. The van der Waals surface area contributed by atoms with Gasteiger partial charge in [0.05, 0.1) is 39.9 Å². The van der Waals surface area contributed by atoms with Crippen molar-refractivity contribution >= 4 is 23.4 Å². The van der Waals surface area contributed by atoms with E-state index in [9.17, 15) is 4.79 Å². The number of hydrogen-bond acceptors (Lipinski definition) is 9. The molecule has 0 spiro atoms. The van der Waals surface area contributed by atoms with Crippen LogP contribution in [0.15, 0.2) is 77.0 Å². The van der Waals surface area contributed by atoms with Crippen LogP contribution in [-0.2, 0) is 4.79 Å². The number of para-hydroxylation sites is 1. The largest absolute Gasteiger partial charge is 0.497 e. The average molecular weight is 548 g/mol. The number of carbonyl (C=O) groups excluding carboxylic acids is 1. The third kappa shape index (κ3) is 6.32. The molecule has 3 aromatic carbocycles.